The van der Waals surface area contributed by atoms with Crippen LogP contribution in [0.15, 0.2) is 42.7 Å². The smallest absolute Gasteiger partial charge is 0.304 e. The number of amides is 1. The van der Waals surface area contributed by atoms with Crippen LogP contribution in [0.5, 0.6) is 0 Å². The lowest BCUT2D eigenvalue weighted by atomic mass is 10.1. The summed E-state index contributed by atoms with van der Waals surface area (Å²) in [4.78, 5) is 27.6. The summed E-state index contributed by atoms with van der Waals surface area (Å²) in [6.45, 7) is 5.16. The zero-order valence-corrected chi connectivity index (χ0v) is 12.8. The van der Waals surface area contributed by atoms with Crippen molar-refractivity contribution < 1.29 is 14.3 Å². The first-order valence-electron chi connectivity index (χ1n) is 6.92. The monoisotopic (exact) mass is 298 g/mol. The number of hydrogen-bond donors (Lipinski definition) is 1. The van der Waals surface area contributed by atoms with Crippen molar-refractivity contribution in [3.63, 3.8) is 0 Å². The predicted molar refractivity (Wildman–Crippen MR) is 82.1 cm³/mol. The minimum Gasteiger partial charge on any atom is -0.437 e. The van der Waals surface area contributed by atoms with Crippen molar-refractivity contribution >= 4 is 11.9 Å². The Kier molecular flexibility index (Phi) is 4.88. The third-order valence-corrected chi connectivity index (χ3v) is 3.04. The van der Waals surface area contributed by atoms with Crippen LogP contribution in [0.1, 0.15) is 40.2 Å². The van der Waals surface area contributed by atoms with Crippen LogP contribution >= 0.6 is 0 Å². The topological polar surface area (TPSA) is 68.3 Å². The van der Waals surface area contributed by atoms with Gasteiger partial charge in [-0.2, -0.15) is 0 Å². The number of hydrogen-bond acceptors (Lipinski definition) is 4. The molecule has 22 heavy (non-hydrogen) atoms. The number of ether oxygens (including phenoxy) is 1. The minimum atomic E-state index is -0.839. The number of aryl methyl sites for hydroxylation is 2. The molecule has 1 N–H and O–H groups in total. The van der Waals surface area contributed by atoms with E-state index < -0.39 is 12.2 Å². The first-order chi connectivity index (χ1) is 10.5. The largest absolute Gasteiger partial charge is 0.437 e. The second kappa shape index (κ2) is 6.85. The number of rotatable bonds is 4. The SMILES string of the molecule is CC(=O)OC(NC(=O)c1cc(C)cc(C)c1)c1ccncc1. The zero-order valence-electron chi connectivity index (χ0n) is 12.8. The fraction of sp³-hybridized carbons (Fsp3) is 0.235. The molecule has 0 aliphatic heterocycles. The Morgan fingerprint density at radius 1 is 1.09 bits per heavy atom. The van der Waals surface area contributed by atoms with Crippen LogP contribution in [-0.2, 0) is 9.53 Å². The van der Waals surface area contributed by atoms with Crippen LogP contribution in [0.4, 0.5) is 0 Å². The standard InChI is InChI=1S/C17H18N2O3/c1-11-8-12(2)10-15(9-11)16(21)19-17(22-13(3)20)14-4-6-18-7-5-14/h4-10,17H,1-3H3,(H,19,21). The van der Waals surface area contributed by atoms with Gasteiger partial charge in [-0.1, -0.05) is 17.2 Å². The molecule has 114 valence electrons. The van der Waals surface area contributed by atoms with E-state index in [1.54, 1.807) is 36.7 Å². The Balaban J connectivity index is 2.23. The van der Waals surface area contributed by atoms with Crippen LogP contribution < -0.4 is 5.32 Å². The molecule has 0 saturated heterocycles. The molecule has 5 nitrogen and oxygen atoms in total. The van der Waals surface area contributed by atoms with E-state index in [9.17, 15) is 9.59 Å². The Labute approximate surface area is 129 Å². The van der Waals surface area contributed by atoms with Gasteiger partial charge in [0.25, 0.3) is 5.91 Å². The fourth-order valence-electron chi connectivity index (χ4n) is 2.19. The van der Waals surface area contributed by atoms with E-state index in [2.05, 4.69) is 10.3 Å². The van der Waals surface area contributed by atoms with Crippen molar-refractivity contribution in [3.05, 3.63) is 65.0 Å². The maximum Gasteiger partial charge on any atom is 0.304 e. The Morgan fingerprint density at radius 2 is 1.68 bits per heavy atom. The van der Waals surface area contributed by atoms with Gasteiger partial charge in [0.15, 0.2) is 0 Å². The van der Waals surface area contributed by atoms with Crippen molar-refractivity contribution in [1.29, 1.82) is 0 Å². The summed E-state index contributed by atoms with van der Waals surface area (Å²) in [5.74, 6) is -0.766. The predicted octanol–water partition coefficient (Wildman–Crippen LogP) is 2.69. The van der Waals surface area contributed by atoms with Crippen molar-refractivity contribution in [1.82, 2.24) is 10.3 Å². The van der Waals surface area contributed by atoms with Gasteiger partial charge in [-0.05, 0) is 38.1 Å². The lowest BCUT2D eigenvalue weighted by Crippen LogP contribution is -2.31. The summed E-state index contributed by atoms with van der Waals surface area (Å²) >= 11 is 0. The molecular weight excluding hydrogens is 280 g/mol. The number of nitrogens with zero attached hydrogens (tertiary/aromatic N) is 1. The van der Waals surface area contributed by atoms with Crippen LogP contribution in [-0.4, -0.2) is 16.9 Å². The number of benzene rings is 1. The highest BCUT2D eigenvalue weighted by Crippen LogP contribution is 2.16. The lowest BCUT2D eigenvalue weighted by Gasteiger charge is -2.19. The molecule has 0 aliphatic rings. The molecule has 1 amide bonds. The molecule has 0 aliphatic carbocycles. The number of carbonyl (C=O) groups excluding carboxylic acids is 2. The molecule has 1 atom stereocenters. The van der Waals surface area contributed by atoms with Gasteiger partial charge in [-0.15, -0.1) is 0 Å². The molecule has 1 aromatic carbocycles. The average molecular weight is 298 g/mol. The summed E-state index contributed by atoms with van der Waals surface area (Å²) in [6, 6.07) is 8.95. The number of aromatic nitrogens is 1. The first-order valence-corrected chi connectivity index (χ1v) is 6.92. The summed E-state index contributed by atoms with van der Waals surface area (Å²) < 4.78 is 5.19. The molecule has 0 bridgehead atoms. The van der Waals surface area contributed by atoms with Gasteiger partial charge in [0.2, 0.25) is 6.23 Å². The molecular formula is C17H18N2O3. The molecule has 2 rings (SSSR count). The van der Waals surface area contributed by atoms with Gasteiger partial charge in [-0.3, -0.25) is 14.6 Å². The maximum absolute atomic E-state index is 12.4. The molecule has 5 heteroatoms. The van der Waals surface area contributed by atoms with Crippen LogP contribution in [0.2, 0.25) is 0 Å². The number of nitrogens with one attached hydrogen (secondary N) is 1. The van der Waals surface area contributed by atoms with E-state index in [-0.39, 0.29) is 5.91 Å². The lowest BCUT2D eigenvalue weighted by molar-refractivity contribution is -0.147. The molecule has 0 radical (unpaired) electrons. The Bertz CT molecular complexity index is 663. The highest BCUT2D eigenvalue weighted by Gasteiger charge is 2.18. The van der Waals surface area contributed by atoms with E-state index >= 15 is 0 Å². The molecule has 1 aromatic heterocycles. The summed E-state index contributed by atoms with van der Waals surface area (Å²) in [5, 5.41) is 2.73. The third kappa shape index (κ3) is 4.15. The average Bonchev–Trinajstić information content (AvgIpc) is 2.46. The van der Waals surface area contributed by atoms with E-state index in [1.807, 2.05) is 19.9 Å². The Morgan fingerprint density at radius 3 is 2.23 bits per heavy atom. The second-order valence-electron chi connectivity index (χ2n) is 5.12. The minimum absolute atomic E-state index is 0.296. The van der Waals surface area contributed by atoms with Crippen LogP contribution in [0.3, 0.4) is 0 Å². The maximum atomic E-state index is 12.4. The fourth-order valence-corrected chi connectivity index (χ4v) is 2.19. The summed E-state index contributed by atoms with van der Waals surface area (Å²) in [7, 11) is 0. The molecule has 2 aromatic rings. The van der Waals surface area contributed by atoms with E-state index in [1.165, 1.54) is 6.92 Å². The third-order valence-electron chi connectivity index (χ3n) is 3.04. The highest BCUT2D eigenvalue weighted by atomic mass is 16.6. The van der Waals surface area contributed by atoms with Crippen molar-refractivity contribution in [2.24, 2.45) is 0 Å². The summed E-state index contributed by atoms with van der Waals surface area (Å²) in [5.41, 5.74) is 3.18. The highest BCUT2D eigenvalue weighted by molar-refractivity contribution is 5.94. The first kappa shape index (κ1) is 15.7. The quantitative estimate of drug-likeness (QED) is 0.696. The van der Waals surface area contributed by atoms with Crippen molar-refractivity contribution in [3.8, 4) is 0 Å². The normalized spacial score (nSPS) is 11.6. The number of esters is 1. The Hall–Kier alpha value is -2.69. The van der Waals surface area contributed by atoms with Gasteiger partial charge in [0.1, 0.15) is 0 Å². The molecule has 1 unspecified atom stereocenters. The number of pyridine rings is 1. The van der Waals surface area contributed by atoms with Gasteiger partial charge in [-0.25, -0.2) is 0 Å². The molecule has 1 heterocycles. The molecule has 0 spiro atoms. The van der Waals surface area contributed by atoms with E-state index in [0.29, 0.717) is 11.1 Å². The van der Waals surface area contributed by atoms with Gasteiger partial charge < -0.3 is 10.1 Å². The molecule has 0 fully saturated rings. The summed E-state index contributed by atoms with van der Waals surface area (Å²) in [6.07, 6.45) is 2.32. The van der Waals surface area contributed by atoms with Crippen molar-refractivity contribution in [2.75, 3.05) is 0 Å². The van der Waals surface area contributed by atoms with E-state index in [4.69, 9.17) is 4.74 Å². The zero-order chi connectivity index (χ0) is 16.1. The molecule has 0 saturated carbocycles. The van der Waals surface area contributed by atoms with Crippen LogP contribution in [0, 0.1) is 13.8 Å². The second-order valence-corrected chi connectivity index (χ2v) is 5.12. The van der Waals surface area contributed by atoms with Crippen molar-refractivity contribution in [2.45, 2.75) is 27.0 Å². The number of carbonyl (C=O) groups is 2. The van der Waals surface area contributed by atoms with Gasteiger partial charge in [0.05, 0.1) is 0 Å². The van der Waals surface area contributed by atoms with Gasteiger partial charge >= 0.3 is 5.97 Å². The van der Waals surface area contributed by atoms with Gasteiger partial charge in [0, 0.05) is 30.4 Å². The van der Waals surface area contributed by atoms with E-state index in [0.717, 1.165) is 11.1 Å². The van der Waals surface area contributed by atoms with Crippen LogP contribution in [0.25, 0.3) is 0 Å².